The standard InChI is InChI=1S/C8H9ClN4O2S/c1-12-6-10-2-7(12)4-13-5-8(3-11-13)16(9,14)15/h2-3,5-6H,4H2,1H3. The second kappa shape index (κ2) is 3.91. The molecule has 0 saturated carbocycles. The molecule has 0 aromatic carbocycles. The molecule has 0 aliphatic rings. The molecule has 0 aliphatic carbocycles. The number of hydrogen-bond donors (Lipinski definition) is 0. The first-order valence-electron chi connectivity index (χ1n) is 4.39. The van der Waals surface area contributed by atoms with Crippen LogP contribution >= 0.6 is 10.7 Å². The average Bonchev–Trinajstić information content (AvgIpc) is 2.76. The zero-order valence-electron chi connectivity index (χ0n) is 8.41. The molecule has 2 aromatic rings. The highest BCUT2D eigenvalue weighted by Crippen LogP contribution is 2.13. The lowest BCUT2D eigenvalue weighted by atomic mass is 10.5. The smallest absolute Gasteiger partial charge is 0.264 e. The Hall–Kier alpha value is -1.34. The second-order valence-electron chi connectivity index (χ2n) is 3.31. The van der Waals surface area contributed by atoms with E-state index in [1.165, 1.54) is 17.1 Å². The van der Waals surface area contributed by atoms with Gasteiger partial charge in [0, 0.05) is 23.9 Å². The van der Waals surface area contributed by atoms with E-state index in [1.54, 1.807) is 12.5 Å². The molecule has 8 heteroatoms. The second-order valence-corrected chi connectivity index (χ2v) is 5.87. The normalized spacial score (nSPS) is 11.9. The molecule has 0 bridgehead atoms. The Bertz CT molecular complexity index is 601. The van der Waals surface area contributed by atoms with Crippen LogP contribution in [-0.4, -0.2) is 27.7 Å². The zero-order chi connectivity index (χ0) is 11.8. The van der Waals surface area contributed by atoms with Crippen molar-refractivity contribution in [1.82, 2.24) is 19.3 Å². The third-order valence-corrected chi connectivity index (χ3v) is 3.44. The summed E-state index contributed by atoms with van der Waals surface area (Å²) in [6.45, 7) is 0.447. The maximum Gasteiger partial charge on any atom is 0.264 e. The first-order chi connectivity index (χ1) is 7.47. The Balaban J connectivity index is 2.25. The van der Waals surface area contributed by atoms with Gasteiger partial charge >= 0.3 is 0 Å². The summed E-state index contributed by atoms with van der Waals surface area (Å²) in [5, 5.41) is 3.91. The largest absolute Gasteiger partial charge is 0.336 e. The highest BCUT2D eigenvalue weighted by molar-refractivity contribution is 8.13. The van der Waals surface area contributed by atoms with E-state index in [0.717, 1.165) is 5.69 Å². The molecule has 0 atom stereocenters. The fourth-order valence-corrected chi connectivity index (χ4v) is 1.92. The minimum Gasteiger partial charge on any atom is -0.336 e. The highest BCUT2D eigenvalue weighted by atomic mass is 35.7. The summed E-state index contributed by atoms with van der Waals surface area (Å²) in [5.74, 6) is 0. The van der Waals surface area contributed by atoms with Crippen LogP contribution in [0.1, 0.15) is 5.69 Å². The van der Waals surface area contributed by atoms with Crippen molar-refractivity contribution >= 4 is 19.7 Å². The molecule has 0 spiro atoms. The minimum absolute atomic E-state index is 0.00339. The number of halogens is 1. The van der Waals surface area contributed by atoms with Crippen LogP contribution in [0.3, 0.4) is 0 Å². The van der Waals surface area contributed by atoms with E-state index >= 15 is 0 Å². The lowest BCUT2D eigenvalue weighted by Gasteiger charge is -2.01. The SMILES string of the molecule is Cn1cncc1Cn1cc(S(=O)(=O)Cl)cn1. The third-order valence-electron chi connectivity index (χ3n) is 2.13. The number of aryl methyl sites for hydroxylation is 1. The van der Waals surface area contributed by atoms with E-state index in [-0.39, 0.29) is 4.90 Å². The van der Waals surface area contributed by atoms with Crippen LogP contribution in [0.4, 0.5) is 0 Å². The van der Waals surface area contributed by atoms with Gasteiger partial charge in [0.05, 0.1) is 31.0 Å². The summed E-state index contributed by atoms with van der Waals surface area (Å²) in [6, 6.07) is 0. The molecule has 0 radical (unpaired) electrons. The zero-order valence-corrected chi connectivity index (χ0v) is 9.98. The fourth-order valence-electron chi connectivity index (χ4n) is 1.26. The summed E-state index contributed by atoms with van der Waals surface area (Å²) in [5.41, 5.74) is 0.918. The molecule has 0 amide bonds. The van der Waals surface area contributed by atoms with Gasteiger partial charge in [-0.25, -0.2) is 13.4 Å². The van der Waals surface area contributed by atoms with Crippen molar-refractivity contribution in [1.29, 1.82) is 0 Å². The molecule has 0 N–H and O–H groups in total. The van der Waals surface area contributed by atoms with Gasteiger partial charge in [0.1, 0.15) is 4.90 Å². The van der Waals surface area contributed by atoms with E-state index in [4.69, 9.17) is 10.7 Å². The molecule has 0 fully saturated rings. The first kappa shape index (κ1) is 11.2. The van der Waals surface area contributed by atoms with Gasteiger partial charge in [0.2, 0.25) is 0 Å². The predicted octanol–water partition coefficient (Wildman–Crippen LogP) is 0.592. The predicted molar refractivity (Wildman–Crippen MR) is 57.6 cm³/mol. The van der Waals surface area contributed by atoms with Crippen LogP contribution < -0.4 is 0 Å². The number of rotatable bonds is 3. The molecule has 2 heterocycles. The molecule has 2 rings (SSSR count). The number of hydrogen-bond acceptors (Lipinski definition) is 4. The fraction of sp³-hybridized carbons (Fsp3) is 0.250. The maximum atomic E-state index is 11.0. The summed E-state index contributed by atoms with van der Waals surface area (Å²) in [4.78, 5) is 3.95. The Morgan fingerprint density at radius 1 is 1.44 bits per heavy atom. The van der Waals surface area contributed by atoms with Crippen molar-refractivity contribution in [2.45, 2.75) is 11.4 Å². The summed E-state index contributed by atoms with van der Waals surface area (Å²) >= 11 is 0. The molecule has 6 nitrogen and oxygen atoms in total. The van der Waals surface area contributed by atoms with E-state index in [9.17, 15) is 8.42 Å². The molecule has 0 unspecified atom stereocenters. The van der Waals surface area contributed by atoms with Gasteiger partial charge in [-0.1, -0.05) is 0 Å². The van der Waals surface area contributed by atoms with Crippen molar-refractivity contribution in [2.75, 3.05) is 0 Å². The Morgan fingerprint density at radius 2 is 2.19 bits per heavy atom. The molecule has 2 aromatic heterocycles. The van der Waals surface area contributed by atoms with Crippen molar-refractivity contribution < 1.29 is 8.42 Å². The van der Waals surface area contributed by atoms with Crippen LogP contribution in [-0.2, 0) is 22.6 Å². The van der Waals surface area contributed by atoms with Crippen LogP contribution in [0, 0.1) is 0 Å². The summed E-state index contributed by atoms with van der Waals surface area (Å²) < 4.78 is 25.3. The summed E-state index contributed by atoms with van der Waals surface area (Å²) in [6.07, 6.45) is 5.96. The van der Waals surface area contributed by atoms with Crippen LogP contribution in [0.25, 0.3) is 0 Å². The Morgan fingerprint density at radius 3 is 2.69 bits per heavy atom. The topological polar surface area (TPSA) is 69.8 Å². The summed E-state index contributed by atoms with van der Waals surface area (Å²) in [7, 11) is 3.33. The van der Waals surface area contributed by atoms with Gasteiger partial charge in [-0.2, -0.15) is 5.10 Å². The number of aromatic nitrogens is 4. The Kier molecular flexibility index (Phi) is 2.73. The van der Waals surface area contributed by atoms with Crippen molar-refractivity contribution in [3.8, 4) is 0 Å². The number of imidazole rings is 1. The minimum atomic E-state index is -3.70. The van der Waals surface area contributed by atoms with Crippen molar-refractivity contribution in [3.63, 3.8) is 0 Å². The quantitative estimate of drug-likeness (QED) is 0.758. The van der Waals surface area contributed by atoms with E-state index in [1.807, 2.05) is 11.6 Å². The van der Waals surface area contributed by atoms with Crippen LogP contribution in [0.2, 0.25) is 0 Å². The van der Waals surface area contributed by atoms with Crippen molar-refractivity contribution in [2.24, 2.45) is 7.05 Å². The highest BCUT2D eigenvalue weighted by Gasteiger charge is 2.12. The van der Waals surface area contributed by atoms with Crippen LogP contribution in [0.5, 0.6) is 0 Å². The number of nitrogens with zero attached hydrogens (tertiary/aromatic N) is 4. The first-order valence-corrected chi connectivity index (χ1v) is 6.70. The van der Waals surface area contributed by atoms with Gasteiger partial charge in [0.15, 0.2) is 0 Å². The third kappa shape index (κ3) is 2.25. The van der Waals surface area contributed by atoms with Gasteiger partial charge in [0.25, 0.3) is 9.05 Å². The molecular formula is C8H9ClN4O2S. The molecule has 16 heavy (non-hydrogen) atoms. The van der Waals surface area contributed by atoms with E-state index in [2.05, 4.69) is 10.1 Å². The lowest BCUT2D eigenvalue weighted by molar-refractivity contribution is 0.608. The molecule has 0 saturated heterocycles. The van der Waals surface area contributed by atoms with E-state index < -0.39 is 9.05 Å². The molecule has 0 aliphatic heterocycles. The molecule has 86 valence electrons. The Labute approximate surface area is 96.9 Å². The van der Waals surface area contributed by atoms with Crippen molar-refractivity contribution in [3.05, 3.63) is 30.6 Å². The van der Waals surface area contributed by atoms with Crippen LogP contribution in [0.15, 0.2) is 29.8 Å². The monoisotopic (exact) mass is 260 g/mol. The van der Waals surface area contributed by atoms with Gasteiger partial charge in [-0.05, 0) is 0 Å². The van der Waals surface area contributed by atoms with Gasteiger partial charge in [-0.3, -0.25) is 4.68 Å². The lowest BCUT2D eigenvalue weighted by Crippen LogP contribution is -2.04. The maximum absolute atomic E-state index is 11.0. The average molecular weight is 261 g/mol. The van der Waals surface area contributed by atoms with Gasteiger partial charge in [-0.15, -0.1) is 0 Å². The molecular weight excluding hydrogens is 252 g/mol. The van der Waals surface area contributed by atoms with Gasteiger partial charge < -0.3 is 4.57 Å². The van der Waals surface area contributed by atoms with E-state index in [0.29, 0.717) is 6.54 Å².